The SMILES string of the molecule is Cc1cccc(C)c1NC(=O)C(C)OC(=O)c1ccc(N2C(=O)c3ccccc3C2=O)cc1. The van der Waals surface area contributed by atoms with Crippen LogP contribution in [0.4, 0.5) is 11.4 Å². The zero-order valence-corrected chi connectivity index (χ0v) is 18.4. The lowest BCUT2D eigenvalue weighted by Crippen LogP contribution is -2.31. The Bertz CT molecular complexity index is 1220. The fourth-order valence-electron chi connectivity index (χ4n) is 3.69. The molecule has 3 aromatic rings. The number of esters is 1. The second-order valence-electron chi connectivity index (χ2n) is 7.84. The highest BCUT2D eigenvalue weighted by Crippen LogP contribution is 2.28. The Balaban J connectivity index is 1.43. The Labute approximate surface area is 191 Å². The first-order valence-corrected chi connectivity index (χ1v) is 10.4. The van der Waals surface area contributed by atoms with Gasteiger partial charge >= 0.3 is 5.97 Å². The highest BCUT2D eigenvalue weighted by atomic mass is 16.5. The zero-order chi connectivity index (χ0) is 23.7. The molecule has 0 aromatic heterocycles. The molecule has 3 amide bonds. The summed E-state index contributed by atoms with van der Waals surface area (Å²) in [4.78, 5) is 51.4. The average molecular weight is 442 g/mol. The highest BCUT2D eigenvalue weighted by Gasteiger charge is 2.36. The van der Waals surface area contributed by atoms with Gasteiger partial charge in [-0.1, -0.05) is 30.3 Å². The Kier molecular flexibility index (Phi) is 5.79. The van der Waals surface area contributed by atoms with Gasteiger partial charge in [-0.15, -0.1) is 0 Å². The maximum Gasteiger partial charge on any atom is 0.338 e. The lowest BCUT2D eigenvalue weighted by Gasteiger charge is -2.17. The molecule has 0 bridgehead atoms. The third-order valence-electron chi connectivity index (χ3n) is 5.54. The molecular formula is C26H22N2O5. The molecule has 7 heteroatoms. The number of nitrogens with one attached hydrogen (secondary N) is 1. The molecule has 0 saturated heterocycles. The first-order valence-electron chi connectivity index (χ1n) is 10.4. The first-order chi connectivity index (χ1) is 15.8. The third-order valence-corrected chi connectivity index (χ3v) is 5.54. The highest BCUT2D eigenvalue weighted by molar-refractivity contribution is 6.34. The number of hydrogen-bond acceptors (Lipinski definition) is 5. The molecule has 1 aliphatic heterocycles. The quantitative estimate of drug-likeness (QED) is 0.470. The lowest BCUT2D eigenvalue weighted by atomic mass is 10.1. The van der Waals surface area contributed by atoms with Gasteiger partial charge in [0.05, 0.1) is 22.4 Å². The van der Waals surface area contributed by atoms with Crippen LogP contribution in [0.3, 0.4) is 0 Å². The number of carbonyl (C=O) groups excluding carboxylic acids is 4. The molecule has 0 radical (unpaired) electrons. The predicted octanol–water partition coefficient (Wildman–Crippen LogP) is 4.29. The molecule has 0 spiro atoms. The van der Waals surface area contributed by atoms with Crippen LogP contribution in [0.5, 0.6) is 0 Å². The number of nitrogens with zero attached hydrogens (tertiary/aromatic N) is 1. The molecule has 3 aromatic carbocycles. The van der Waals surface area contributed by atoms with Crippen molar-refractivity contribution in [2.24, 2.45) is 0 Å². The normalized spacial score (nSPS) is 13.5. The number of aryl methyl sites for hydroxylation is 2. The van der Waals surface area contributed by atoms with E-state index in [-0.39, 0.29) is 5.56 Å². The molecule has 0 aliphatic carbocycles. The topological polar surface area (TPSA) is 92.8 Å². The molecule has 1 aliphatic rings. The van der Waals surface area contributed by atoms with E-state index < -0.39 is 29.8 Å². The third kappa shape index (κ3) is 4.13. The lowest BCUT2D eigenvalue weighted by molar-refractivity contribution is -0.123. The van der Waals surface area contributed by atoms with Gasteiger partial charge in [0.15, 0.2) is 6.10 Å². The molecule has 0 fully saturated rings. The Morgan fingerprint density at radius 2 is 1.36 bits per heavy atom. The molecule has 1 N–H and O–H groups in total. The van der Waals surface area contributed by atoms with E-state index in [0.29, 0.717) is 22.5 Å². The van der Waals surface area contributed by atoms with Gasteiger partial charge in [-0.3, -0.25) is 14.4 Å². The number of amides is 3. The summed E-state index contributed by atoms with van der Waals surface area (Å²) in [6.45, 7) is 5.26. The summed E-state index contributed by atoms with van der Waals surface area (Å²) < 4.78 is 5.31. The van der Waals surface area contributed by atoms with Crippen LogP contribution < -0.4 is 10.2 Å². The summed E-state index contributed by atoms with van der Waals surface area (Å²) in [6.07, 6.45) is -1.02. The number of hydrogen-bond donors (Lipinski definition) is 1. The van der Waals surface area contributed by atoms with Gasteiger partial charge in [0, 0.05) is 5.69 Å². The summed E-state index contributed by atoms with van der Waals surface area (Å²) in [5, 5.41) is 2.80. The number of anilines is 2. The van der Waals surface area contributed by atoms with Crippen molar-refractivity contribution in [3.8, 4) is 0 Å². The van der Waals surface area contributed by atoms with Crippen LogP contribution in [0.1, 0.15) is 49.1 Å². The van der Waals surface area contributed by atoms with Crippen molar-refractivity contribution in [1.82, 2.24) is 0 Å². The van der Waals surface area contributed by atoms with E-state index in [1.807, 2.05) is 32.0 Å². The van der Waals surface area contributed by atoms with Crippen molar-refractivity contribution in [2.45, 2.75) is 26.9 Å². The van der Waals surface area contributed by atoms with Gasteiger partial charge in [-0.25, -0.2) is 9.69 Å². The Morgan fingerprint density at radius 3 is 1.91 bits per heavy atom. The van der Waals surface area contributed by atoms with Crippen LogP contribution in [-0.2, 0) is 9.53 Å². The smallest absolute Gasteiger partial charge is 0.338 e. The minimum Gasteiger partial charge on any atom is -0.449 e. The van der Waals surface area contributed by atoms with Crippen molar-refractivity contribution in [1.29, 1.82) is 0 Å². The molecule has 33 heavy (non-hydrogen) atoms. The van der Waals surface area contributed by atoms with Crippen LogP contribution in [0.15, 0.2) is 66.7 Å². The van der Waals surface area contributed by atoms with Gasteiger partial charge in [-0.05, 0) is 68.3 Å². The van der Waals surface area contributed by atoms with Crippen molar-refractivity contribution < 1.29 is 23.9 Å². The number of para-hydroxylation sites is 1. The minimum absolute atomic E-state index is 0.196. The standard InChI is InChI=1S/C26H22N2O5/c1-15-7-6-8-16(2)22(15)27-23(29)17(3)33-26(32)18-11-13-19(14-12-18)28-24(30)20-9-4-5-10-21(20)25(28)31/h4-14,17H,1-3H3,(H,27,29). The van der Waals surface area contributed by atoms with Crippen LogP contribution in [0.2, 0.25) is 0 Å². The zero-order valence-electron chi connectivity index (χ0n) is 18.4. The van der Waals surface area contributed by atoms with E-state index in [0.717, 1.165) is 16.0 Å². The molecule has 7 nitrogen and oxygen atoms in total. The molecule has 1 atom stereocenters. The van der Waals surface area contributed by atoms with E-state index in [1.165, 1.54) is 31.2 Å². The van der Waals surface area contributed by atoms with Crippen molar-refractivity contribution >= 4 is 35.1 Å². The Hall–Kier alpha value is -4.26. The molecule has 1 heterocycles. The van der Waals surface area contributed by atoms with Crippen LogP contribution >= 0.6 is 0 Å². The van der Waals surface area contributed by atoms with Crippen LogP contribution in [0, 0.1) is 13.8 Å². The van der Waals surface area contributed by atoms with E-state index in [1.54, 1.807) is 24.3 Å². The monoisotopic (exact) mass is 442 g/mol. The fraction of sp³-hybridized carbons (Fsp3) is 0.154. The molecule has 1 unspecified atom stereocenters. The second kappa shape index (κ2) is 8.70. The minimum atomic E-state index is -1.02. The van der Waals surface area contributed by atoms with E-state index in [4.69, 9.17) is 4.74 Å². The van der Waals surface area contributed by atoms with E-state index >= 15 is 0 Å². The largest absolute Gasteiger partial charge is 0.449 e. The van der Waals surface area contributed by atoms with Gasteiger partial charge in [0.1, 0.15) is 0 Å². The van der Waals surface area contributed by atoms with E-state index in [9.17, 15) is 19.2 Å². The number of benzene rings is 3. The van der Waals surface area contributed by atoms with Crippen molar-refractivity contribution in [3.05, 3.63) is 94.5 Å². The average Bonchev–Trinajstić information content (AvgIpc) is 3.06. The summed E-state index contributed by atoms with van der Waals surface area (Å²) in [5.74, 6) is -1.96. The van der Waals surface area contributed by atoms with Crippen LogP contribution in [-0.4, -0.2) is 29.8 Å². The Morgan fingerprint density at radius 1 is 0.818 bits per heavy atom. The summed E-state index contributed by atoms with van der Waals surface area (Å²) in [7, 11) is 0. The van der Waals surface area contributed by atoms with Gasteiger partial charge < -0.3 is 10.1 Å². The summed E-state index contributed by atoms with van der Waals surface area (Å²) in [5.41, 5.74) is 3.73. The number of rotatable bonds is 5. The molecule has 4 rings (SSSR count). The maximum atomic E-state index is 12.6. The maximum absolute atomic E-state index is 12.6. The number of ether oxygens (including phenoxy) is 1. The molecular weight excluding hydrogens is 420 g/mol. The van der Waals surface area contributed by atoms with Crippen LogP contribution in [0.25, 0.3) is 0 Å². The van der Waals surface area contributed by atoms with Crippen molar-refractivity contribution in [3.63, 3.8) is 0 Å². The summed E-state index contributed by atoms with van der Waals surface area (Å²) >= 11 is 0. The number of fused-ring (bicyclic) bond motifs is 1. The van der Waals surface area contributed by atoms with Gasteiger partial charge in [0.2, 0.25) is 0 Å². The van der Waals surface area contributed by atoms with Crippen molar-refractivity contribution in [2.75, 3.05) is 10.2 Å². The molecule has 166 valence electrons. The second-order valence-corrected chi connectivity index (χ2v) is 7.84. The predicted molar refractivity (Wildman–Crippen MR) is 123 cm³/mol. The fourth-order valence-corrected chi connectivity index (χ4v) is 3.69. The summed E-state index contributed by atoms with van der Waals surface area (Å²) in [6, 6.07) is 18.2. The molecule has 0 saturated carbocycles. The van der Waals surface area contributed by atoms with Gasteiger partial charge in [-0.2, -0.15) is 0 Å². The van der Waals surface area contributed by atoms with Gasteiger partial charge in [0.25, 0.3) is 17.7 Å². The van der Waals surface area contributed by atoms with E-state index in [2.05, 4.69) is 5.32 Å². The first kappa shape index (κ1) is 22.0. The number of imide groups is 1. The number of carbonyl (C=O) groups is 4.